The first-order valence-electron chi connectivity index (χ1n) is 13.5. The van der Waals surface area contributed by atoms with E-state index in [1.165, 1.54) is 64.2 Å². The van der Waals surface area contributed by atoms with E-state index < -0.39 is 51.1 Å². The number of hydrogen-bond donors (Lipinski definition) is 3. The topological polar surface area (TPSA) is 172 Å². The summed E-state index contributed by atoms with van der Waals surface area (Å²) in [5, 5.41) is 8.67. The lowest BCUT2D eigenvalue weighted by molar-refractivity contribution is -0.159. The zero-order valence-electron chi connectivity index (χ0n) is 22.6. The number of esters is 2. The predicted molar refractivity (Wildman–Crippen MR) is 139 cm³/mol. The van der Waals surface area contributed by atoms with Crippen molar-refractivity contribution < 1.29 is 47.5 Å². The minimum Gasteiger partial charge on any atom is -0.480 e. The third-order valence-corrected chi connectivity index (χ3v) is 6.61. The number of nitrogens with two attached hydrogens (primary N) is 1. The maximum Gasteiger partial charge on any atom is 0.472 e. The molecule has 4 N–H and O–H groups in total. The van der Waals surface area contributed by atoms with Crippen LogP contribution in [0, 0.1) is 0 Å². The van der Waals surface area contributed by atoms with E-state index >= 15 is 0 Å². The summed E-state index contributed by atoms with van der Waals surface area (Å²) in [4.78, 5) is 43.5. The predicted octanol–water partition coefficient (Wildman–Crippen LogP) is 4.88. The van der Waals surface area contributed by atoms with Gasteiger partial charge in [0.1, 0.15) is 12.6 Å². The molecule has 0 saturated heterocycles. The van der Waals surface area contributed by atoms with Crippen molar-refractivity contribution in [1.29, 1.82) is 0 Å². The molecule has 0 aliphatic rings. The Hall–Kier alpha value is -1.52. The fourth-order valence-corrected chi connectivity index (χ4v) is 4.31. The van der Waals surface area contributed by atoms with Crippen LogP contribution in [0.4, 0.5) is 0 Å². The quantitative estimate of drug-likeness (QED) is 0.0799. The van der Waals surface area contributed by atoms with Gasteiger partial charge in [-0.1, -0.05) is 90.4 Å². The molecule has 0 rings (SSSR count). The first-order chi connectivity index (χ1) is 17.6. The Labute approximate surface area is 221 Å². The molecule has 12 heteroatoms. The van der Waals surface area contributed by atoms with Crippen molar-refractivity contribution in [2.45, 2.75) is 122 Å². The number of hydrogen-bond acceptors (Lipinski definition) is 9. The van der Waals surface area contributed by atoms with Gasteiger partial charge in [-0.05, 0) is 6.42 Å². The minimum absolute atomic E-state index is 0.223. The largest absolute Gasteiger partial charge is 0.480 e. The molecule has 11 nitrogen and oxygen atoms in total. The second kappa shape index (κ2) is 22.5. The number of carboxylic acids is 1. The van der Waals surface area contributed by atoms with Crippen molar-refractivity contribution in [3.05, 3.63) is 0 Å². The minimum atomic E-state index is -4.65. The molecule has 37 heavy (non-hydrogen) atoms. The zero-order valence-corrected chi connectivity index (χ0v) is 23.5. The number of aliphatic carboxylic acids is 1. The highest BCUT2D eigenvalue weighted by Gasteiger charge is 2.27. The summed E-state index contributed by atoms with van der Waals surface area (Å²) >= 11 is 0. The molecule has 3 atom stereocenters. The van der Waals surface area contributed by atoms with Crippen LogP contribution in [0.5, 0.6) is 0 Å². The van der Waals surface area contributed by atoms with Crippen LogP contribution in [-0.4, -0.2) is 59.9 Å². The van der Waals surface area contributed by atoms with Gasteiger partial charge >= 0.3 is 25.7 Å². The standard InChI is InChI=1S/C25H48NO10P/c1-3-4-5-6-7-8-9-10-11-12-13-14-15-16-17-24(28)33-18-22(36-21(2)27)19-34-37(31,32)35-20-23(26)25(29)30/h22-23H,3-20,26H2,1-2H3,(H,29,30)(H,31,32)/t22-,23+/m1/s1. The van der Waals surface area contributed by atoms with Crippen LogP contribution in [-0.2, 0) is 37.5 Å². The lowest BCUT2D eigenvalue weighted by atomic mass is 10.0. The monoisotopic (exact) mass is 553 g/mol. The molecule has 0 aromatic rings. The maximum absolute atomic E-state index is 12.0. The number of rotatable bonds is 25. The number of carboxylic acid groups (broad SMARTS) is 1. The molecule has 0 aromatic heterocycles. The van der Waals surface area contributed by atoms with Gasteiger partial charge in [0.2, 0.25) is 0 Å². The first kappa shape index (κ1) is 35.5. The van der Waals surface area contributed by atoms with Crippen molar-refractivity contribution in [2.24, 2.45) is 5.73 Å². The Morgan fingerprint density at radius 1 is 0.784 bits per heavy atom. The molecule has 0 spiro atoms. The van der Waals surface area contributed by atoms with Crippen LogP contribution in [0.1, 0.15) is 110 Å². The lowest BCUT2D eigenvalue weighted by Crippen LogP contribution is -2.34. The highest BCUT2D eigenvalue weighted by molar-refractivity contribution is 7.47. The molecule has 0 heterocycles. The summed E-state index contributed by atoms with van der Waals surface area (Å²) in [5.41, 5.74) is 5.20. The van der Waals surface area contributed by atoms with E-state index in [0.717, 1.165) is 26.2 Å². The van der Waals surface area contributed by atoms with Crippen LogP contribution < -0.4 is 5.73 Å². The van der Waals surface area contributed by atoms with Gasteiger partial charge in [-0.2, -0.15) is 0 Å². The number of ether oxygens (including phenoxy) is 2. The SMILES string of the molecule is CCCCCCCCCCCCCCCCC(=O)OC[C@H](COP(=O)(O)OC[C@H](N)C(=O)O)OC(C)=O. The summed E-state index contributed by atoms with van der Waals surface area (Å²) in [6.45, 7) is 1.66. The van der Waals surface area contributed by atoms with Gasteiger partial charge in [-0.25, -0.2) is 4.57 Å². The fourth-order valence-electron chi connectivity index (χ4n) is 3.53. The van der Waals surface area contributed by atoms with Crippen molar-refractivity contribution >= 4 is 25.7 Å². The highest BCUT2D eigenvalue weighted by atomic mass is 31.2. The van der Waals surface area contributed by atoms with Gasteiger partial charge in [0.25, 0.3) is 0 Å². The van der Waals surface area contributed by atoms with Crippen molar-refractivity contribution in [1.82, 2.24) is 0 Å². The molecule has 1 unspecified atom stereocenters. The van der Waals surface area contributed by atoms with E-state index in [1.807, 2.05) is 0 Å². The van der Waals surface area contributed by atoms with Gasteiger partial charge < -0.3 is 25.2 Å². The molecule has 0 aliphatic heterocycles. The van der Waals surface area contributed by atoms with Crippen LogP contribution in [0.3, 0.4) is 0 Å². The Balaban J connectivity index is 3.94. The normalized spacial score (nSPS) is 14.5. The second-order valence-electron chi connectivity index (χ2n) is 9.27. The summed E-state index contributed by atoms with van der Waals surface area (Å²) < 4.78 is 31.1. The summed E-state index contributed by atoms with van der Waals surface area (Å²) in [5.74, 6) is -2.58. The number of carbonyl (C=O) groups is 3. The molecular weight excluding hydrogens is 505 g/mol. The average molecular weight is 554 g/mol. The first-order valence-corrected chi connectivity index (χ1v) is 15.0. The van der Waals surface area contributed by atoms with Crippen LogP contribution in [0.2, 0.25) is 0 Å². The average Bonchev–Trinajstić information content (AvgIpc) is 2.84. The van der Waals surface area contributed by atoms with Gasteiger partial charge in [0.15, 0.2) is 6.10 Å². The van der Waals surface area contributed by atoms with Crippen LogP contribution in [0.15, 0.2) is 0 Å². The van der Waals surface area contributed by atoms with E-state index in [0.29, 0.717) is 6.42 Å². The summed E-state index contributed by atoms with van der Waals surface area (Å²) in [7, 11) is -4.65. The molecular formula is C25H48NO10P. The van der Waals surface area contributed by atoms with E-state index in [1.54, 1.807) is 0 Å². The molecule has 0 fully saturated rings. The second-order valence-corrected chi connectivity index (χ2v) is 10.7. The van der Waals surface area contributed by atoms with Gasteiger partial charge in [-0.15, -0.1) is 0 Å². The van der Waals surface area contributed by atoms with Crippen molar-refractivity contribution in [3.8, 4) is 0 Å². The number of carbonyl (C=O) groups excluding carboxylic acids is 2. The maximum atomic E-state index is 12.0. The van der Waals surface area contributed by atoms with Gasteiger partial charge in [-0.3, -0.25) is 23.4 Å². The molecule has 0 bridgehead atoms. The molecule has 0 aromatic carbocycles. The molecule has 218 valence electrons. The highest BCUT2D eigenvalue weighted by Crippen LogP contribution is 2.43. The smallest absolute Gasteiger partial charge is 0.472 e. The number of phosphoric ester groups is 1. The van der Waals surface area contributed by atoms with E-state index in [9.17, 15) is 23.8 Å². The Bertz CT molecular complexity index is 676. The Morgan fingerprint density at radius 2 is 1.24 bits per heavy atom. The zero-order chi connectivity index (χ0) is 27.9. The van der Waals surface area contributed by atoms with Gasteiger partial charge in [0, 0.05) is 13.3 Å². The van der Waals surface area contributed by atoms with E-state index in [2.05, 4.69) is 11.4 Å². The fraction of sp³-hybridized carbons (Fsp3) is 0.880. The van der Waals surface area contributed by atoms with E-state index in [4.69, 9.17) is 24.8 Å². The third-order valence-electron chi connectivity index (χ3n) is 5.66. The van der Waals surface area contributed by atoms with Crippen molar-refractivity contribution in [2.75, 3.05) is 19.8 Å². The molecule has 0 saturated carbocycles. The van der Waals surface area contributed by atoms with Crippen LogP contribution >= 0.6 is 7.82 Å². The number of unbranched alkanes of at least 4 members (excludes halogenated alkanes) is 13. The molecule has 0 radical (unpaired) electrons. The van der Waals surface area contributed by atoms with Crippen LogP contribution in [0.25, 0.3) is 0 Å². The van der Waals surface area contributed by atoms with Gasteiger partial charge in [0.05, 0.1) is 13.2 Å². The summed E-state index contributed by atoms with van der Waals surface area (Å²) in [6, 6.07) is -1.51. The lowest BCUT2D eigenvalue weighted by Gasteiger charge is -2.19. The molecule has 0 aliphatic carbocycles. The Morgan fingerprint density at radius 3 is 1.70 bits per heavy atom. The van der Waals surface area contributed by atoms with Crippen molar-refractivity contribution in [3.63, 3.8) is 0 Å². The number of phosphoric acid groups is 1. The third kappa shape index (κ3) is 23.3. The Kier molecular flexibility index (Phi) is 21.5. The summed E-state index contributed by atoms with van der Waals surface area (Å²) in [6.07, 6.45) is 16.1. The molecule has 0 amide bonds. The van der Waals surface area contributed by atoms with E-state index in [-0.39, 0.29) is 13.0 Å².